The lowest BCUT2D eigenvalue weighted by Crippen LogP contribution is -2.61. The Morgan fingerprint density at radius 3 is 2.41 bits per heavy atom. The second kappa shape index (κ2) is 4.03. The van der Waals surface area contributed by atoms with Crippen LogP contribution in [0.25, 0.3) is 0 Å². The minimum absolute atomic E-state index is 0.341. The summed E-state index contributed by atoms with van der Waals surface area (Å²) in [5, 5.41) is 18.3. The molecule has 0 fully saturated rings. The van der Waals surface area contributed by atoms with Crippen molar-refractivity contribution in [2.24, 2.45) is 0 Å². The fraction of sp³-hybridized carbons (Fsp3) is 0.429. The molecule has 1 heterocycles. The van der Waals surface area contributed by atoms with Gasteiger partial charge >= 0.3 is 12.1 Å². The van der Waals surface area contributed by atoms with Gasteiger partial charge in [0.15, 0.2) is 5.69 Å². The normalized spacial score (nSPS) is 15.1. The molecule has 10 heteroatoms. The molecule has 0 aliphatic carbocycles. The van der Waals surface area contributed by atoms with E-state index in [-0.39, 0.29) is 0 Å². The lowest BCUT2D eigenvalue weighted by atomic mass is 10.0. The summed E-state index contributed by atoms with van der Waals surface area (Å²) < 4.78 is 37.6. The maximum absolute atomic E-state index is 12.5. The molecule has 1 aromatic heterocycles. The number of alkyl halides is 3. The van der Waals surface area contributed by atoms with E-state index < -0.39 is 29.3 Å². The first-order chi connectivity index (χ1) is 7.68. The van der Waals surface area contributed by atoms with Crippen LogP contribution in [0.2, 0.25) is 0 Å². The van der Waals surface area contributed by atoms with Gasteiger partial charge in [-0.15, -0.1) is 0 Å². The lowest BCUT2D eigenvalue weighted by molar-refractivity contribution is -0.203. The third kappa shape index (κ3) is 2.34. The Balaban J connectivity index is 2.97. The molecule has 0 saturated carbocycles. The average molecular weight is 252 g/mol. The summed E-state index contributed by atoms with van der Waals surface area (Å²) in [6, 6.07) is 0. The molecule has 0 saturated heterocycles. The van der Waals surface area contributed by atoms with Gasteiger partial charge in [0.2, 0.25) is 5.54 Å². The van der Waals surface area contributed by atoms with E-state index in [1.807, 2.05) is 5.21 Å². The van der Waals surface area contributed by atoms with Crippen LogP contribution in [-0.4, -0.2) is 44.1 Å². The van der Waals surface area contributed by atoms with E-state index in [1.54, 1.807) is 0 Å². The Morgan fingerprint density at radius 1 is 1.47 bits per heavy atom. The van der Waals surface area contributed by atoms with Gasteiger partial charge in [-0.1, -0.05) is 0 Å². The molecule has 1 rings (SSSR count). The maximum atomic E-state index is 12.5. The predicted octanol–water partition coefficient (Wildman–Crippen LogP) is -0.0599. The van der Waals surface area contributed by atoms with Crippen LogP contribution in [0, 0.1) is 0 Å². The van der Waals surface area contributed by atoms with E-state index in [1.165, 1.54) is 5.32 Å². The molecule has 1 atom stereocenters. The van der Waals surface area contributed by atoms with Gasteiger partial charge in [-0.2, -0.15) is 28.6 Å². The molecule has 0 radical (unpaired) electrons. The van der Waals surface area contributed by atoms with Crippen LogP contribution in [0.3, 0.4) is 0 Å². The van der Waals surface area contributed by atoms with Crippen LogP contribution in [-0.2, 0) is 4.79 Å². The number of hydrogen-bond donors (Lipinski definition) is 3. The van der Waals surface area contributed by atoms with Crippen molar-refractivity contribution in [2.45, 2.75) is 18.6 Å². The molecule has 0 aliphatic rings. The summed E-state index contributed by atoms with van der Waals surface area (Å²) >= 11 is 0. The topological polar surface area (TPSA) is 108 Å². The van der Waals surface area contributed by atoms with Crippen molar-refractivity contribution in [3.8, 4) is 0 Å². The number of amides is 1. The van der Waals surface area contributed by atoms with Crippen LogP contribution in [0.5, 0.6) is 0 Å². The first-order valence-electron chi connectivity index (χ1n) is 4.17. The van der Waals surface area contributed by atoms with Crippen LogP contribution in [0.4, 0.5) is 13.2 Å². The predicted molar refractivity (Wildman–Crippen MR) is 45.9 cm³/mol. The van der Waals surface area contributed by atoms with Gasteiger partial charge in [-0.3, -0.25) is 4.79 Å². The van der Waals surface area contributed by atoms with Gasteiger partial charge in [-0.05, 0) is 6.92 Å². The first kappa shape index (κ1) is 12.9. The molecule has 17 heavy (non-hydrogen) atoms. The number of H-pyrrole nitrogens is 1. The van der Waals surface area contributed by atoms with E-state index >= 15 is 0 Å². The van der Waals surface area contributed by atoms with E-state index in [2.05, 4.69) is 10.2 Å². The summed E-state index contributed by atoms with van der Waals surface area (Å²) in [5.74, 6) is -3.51. The fourth-order valence-electron chi connectivity index (χ4n) is 0.848. The SMILES string of the molecule is CC(NC(=O)c1cn[nH]n1)(C(=O)O)C(F)(F)F. The van der Waals surface area contributed by atoms with Crippen molar-refractivity contribution >= 4 is 11.9 Å². The Bertz CT molecular complexity index is 430. The summed E-state index contributed by atoms with van der Waals surface area (Å²) in [6.45, 7) is 0.341. The summed E-state index contributed by atoms with van der Waals surface area (Å²) in [5.41, 5.74) is -3.83. The highest BCUT2D eigenvalue weighted by molar-refractivity contribution is 5.96. The quantitative estimate of drug-likeness (QED) is 0.698. The maximum Gasteiger partial charge on any atom is 0.422 e. The van der Waals surface area contributed by atoms with Crippen LogP contribution in [0.1, 0.15) is 17.4 Å². The minimum atomic E-state index is -5.14. The fourth-order valence-corrected chi connectivity index (χ4v) is 0.848. The summed E-state index contributed by atoms with van der Waals surface area (Å²) in [6.07, 6.45) is -4.27. The van der Waals surface area contributed by atoms with Crippen molar-refractivity contribution in [2.75, 3.05) is 0 Å². The van der Waals surface area contributed by atoms with Gasteiger partial charge in [0.05, 0.1) is 6.20 Å². The third-order valence-corrected chi connectivity index (χ3v) is 2.01. The molecule has 94 valence electrons. The number of carbonyl (C=O) groups excluding carboxylic acids is 1. The molecule has 1 amide bonds. The number of carboxylic acid groups (broad SMARTS) is 1. The lowest BCUT2D eigenvalue weighted by Gasteiger charge is -2.27. The van der Waals surface area contributed by atoms with Gasteiger partial charge in [0.1, 0.15) is 0 Å². The molecule has 7 nitrogen and oxygen atoms in total. The smallest absolute Gasteiger partial charge is 0.422 e. The number of nitrogens with one attached hydrogen (secondary N) is 2. The number of hydrogen-bond acceptors (Lipinski definition) is 4. The highest BCUT2D eigenvalue weighted by Crippen LogP contribution is 2.30. The van der Waals surface area contributed by atoms with Gasteiger partial charge < -0.3 is 10.4 Å². The van der Waals surface area contributed by atoms with Crippen molar-refractivity contribution in [1.82, 2.24) is 20.7 Å². The number of rotatable bonds is 3. The van der Waals surface area contributed by atoms with E-state index in [9.17, 15) is 22.8 Å². The van der Waals surface area contributed by atoms with Crippen LogP contribution >= 0.6 is 0 Å². The first-order valence-corrected chi connectivity index (χ1v) is 4.17. The second-order valence-corrected chi connectivity index (χ2v) is 3.24. The van der Waals surface area contributed by atoms with Gasteiger partial charge in [-0.25, -0.2) is 4.79 Å². The highest BCUT2D eigenvalue weighted by atomic mass is 19.4. The van der Waals surface area contributed by atoms with Crippen LogP contribution < -0.4 is 5.32 Å². The zero-order valence-corrected chi connectivity index (χ0v) is 8.37. The molecular formula is C7H7F3N4O3. The zero-order valence-electron chi connectivity index (χ0n) is 8.37. The van der Waals surface area contributed by atoms with Crippen molar-refractivity contribution in [3.63, 3.8) is 0 Å². The number of aromatic nitrogens is 3. The monoisotopic (exact) mass is 252 g/mol. The molecule has 1 unspecified atom stereocenters. The number of aromatic amines is 1. The third-order valence-electron chi connectivity index (χ3n) is 2.01. The molecule has 3 N–H and O–H groups in total. The molecular weight excluding hydrogens is 245 g/mol. The summed E-state index contributed by atoms with van der Waals surface area (Å²) in [4.78, 5) is 21.9. The van der Waals surface area contributed by atoms with Gasteiger partial charge in [0.25, 0.3) is 5.91 Å². The van der Waals surface area contributed by atoms with Crippen molar-refractivity contribution in [1.29, 1.82) is 0 Å². The molecule has 1 aromatic rings. The van der Waals surface area contributed by atoms with E-state index in [0.29, 0.717) is 6.92 Å². The highest BCUT2D eigenvalue weighted by Gasteiger charge is 2.58. The van der Waals surface area contributed by atoms with Gasteiger partial charge in [0, 0.05) is 0 Å². The molecule has 0 aromatic carbocycles. The molecule has 0 bridgehead atoms. The average Bonchev–Trinajstić information content (AvgIpc) is 2.67. The van der Waals surface area contributed by atoms with Crippen molar-refractivity contribution < 1.29 is 27.9 Å². The Morgan fingerprint density at radius 2 is 2.06 bits per heavy atom. The Labute approximate surface area is 92.0 Å². The van der Waals surface area contributed by atoms with Crippen molar-refractivity contribution in [3.05, 3.63) is 11.9 Å². The number of nitrogens with zero attached hydrogens (tertiary/aromatic N) is 2. The number of aliphatic carboxylic acids is 1. The minimum Gasteiger partial charge on any atom is -0.479 e. The van der Waals surface area contributed by atoms with Crippen LogP contribution in [0.15, 0.2) is 6.20 Å². The Hall–Kier alpha value is -2.13. The second-order valence-electron chi connectivity index (χ2n) is 3.24. The zero-order chi connectivity index (χ0) is 13.3. The molecule has 0 aliphatic heterocycles. The summed E-state index contributed by atoms with van der Waals surface area (Å²) in [7, 11) is 0. The largest absolute Gasteiger partial charge is 0.479 e. The number of carbonyl (C=O) groups is 2. The standard InChI is InChI=1S/C7H7F3N4O3/c1-6(5(16)17,7(8,9)10)12-4(15)3-2-11-14-13-3/h2H,1H3,(H,12,15)(H,16,17)(H,11,13,14). The number of halogens is 3. The molecule has 0 spiro atoms. The number of carboxylic acids is 1. The van der Waals surface area contributed by atoms with E-state index in [0.717, 1.165) is 6.20 Å². The Kier molecular flexibility index (Phi) is 3.07. The van der Waals surface area contributed by atoms with E-state index in [4.69, 9.17) is 5.11 Å².